The number of carbonyl (C=O) groups is 1. The number of methoxy groups -OCH3 is 1. The van der Waals surface area contributed by atoms with Gasteiger partial charge in [-0.3, -0.25) is 9.78 Å². The summed E-state index contributed by atoms with van der Waals surface area (Å²) in [4.78, 5) is 16.7. The summed E-state index contributed by atoms with van der Waals surface area (Å²) in [5.41, 5.74) is 2.01. The highest BCUT2D eigenvalue weighted by molar-refractivity contribution is 5.86. The van der Waals surface area contributed by atoms with Crippen LogP contribution in [0, 0.1) is 0 Å². The number of fused-ring (bicyclic) bond motifs is 1. The standard InChI is InChI=1S/C22H24N2O3/c1-3-4-7-19(25)24-20(16-8-11-17(27-2)12-9-16)18-13-10-15-6-5-14-23-21(15)22(18)26/h5-6,8-14,20,26H,3-4,7H2,1-2H3,(H,24,25). The number of hydrogen-bond donors (Lipinski definition) is 2. The van der Waals surface area contributed by atoms with E-state index in [1.807, 2.05) is 48.5 Å². The van der Waals surface area contributed by atoms with E-state index in [-0.39, 0.29) is 11.7 Å². The molecule has 1 amide bonds. The van der Waals surface area contributed by atoms with Gasteiger partial charge in [0.15, 0.2) is 0 Å². The summed E-state index contributed by atoms with van der Waals surface area (Å²) < 4.78 is 5.22. The van der Waals surface area contributed by atoms with E-state index in [4.69, 9.17) is 4.74 Å². The van der Waals surface area contributed by atoms with Crippen LogP contribution < -0.4 is 10.1 Å². The van der Waals surface area contributed by atoms with Crippen LogP contribution in [0.3, 0.4) is 0 Å². The minimum Gasteiger partial charge on any atom is -0.505 e. The van der Waals surface area contributed by atoms with Crippen molar-refractivity contribution in [1.82, 2.24) is 10.3 Å². The Kier molecular flexibility index (Phi) is 5.91. The fourth-order valence-electron chi connectivity index (χ4n) is 3.09. The smallest absolute Gasteiger partial charge is 0.220 e. The van der Waals surface area contributed by atoms with Crippen LogP contribution in [0.4, 0.5) is 0 Å². The second-order valence-electron chi connectivity index (χ2n) is 6.46. The summed E-state index contributed by atoms with van der Waals surface area (Å²) in [6, 6.07) is 14.5. The molecular weight excluding hydrogens is 340 g/mol. The number of nitrogens with zero attached hydrogens (tertiary/aromatic N) is 1. The van der Waals surface area contributed by atoms with Crippen LogP contribution >= 0.6 is 0 Å². The number of pyridine rings is 1. The van der Waals surface area contributed by atoms with E-state index in [0.29, 0.717) is 17.5 Å². The highest BCUT2D eigenvalue weighted by Gasteiger charge is 2.21. The maximum atomic E-state index is 12.4. The van der Waals surface area contributed by atoms with Crippen molar-refractivity contribution in [3.8, 4) is 11.5 Å². The lowest BCUT2D eigenvalue weighted by Gasteiger charge is -2.21. The molecule has 1 unspecified atom stereocenters. The first-order valence-corrected chi connectivity index (χ1v) is 9.14. The van der Waals surface area contributed by atoms with Crippen LogP contribution in [0.15, 0.2) is 54.7 Å². The molecule has 0 radical (unpaired) electrons. The number of phenolic OH excluding ortho intramolecular Hbond substituents is 1. The van der Waals surface area contributed by atoms with E-state index < -0.39 is 6.04 Å². The Bertz CT molecular complexity index is 922. The fraction of sp³-hybridized carbons (Fsp3) is 0.273. The van der Waals surface area contributed by atoms with Gasteiger partial charge >= 0.3 is 0 Å². The number of carbonyl (C=O) groups excluding carboxylic acids is 1. The zero-order valence-corrected chi connectivity index (χ0v) is 15.6. The number of aromatic nitrogens is 1. The van der Waals surface area contributed by atoms with Gasteiger partial charge in [0.2, 0.25) is 5.91 Å². The lowest BCUT2D eigenvalue weighted by molar-refractivity contribution is -0.121. The third kappa shape index (κ3) is 4.19. The van der Waals surface area contributed by atoms with Crippen LogP contribution in [0.2, 0.25) is 0 Å². The minimum atomic E-state index is -0.466. The molecule has 2 N–H and O–H groups in total. The molecule has 3 rings (SSSR count). The molecule has 1 atom stereocenters. The van der Waals surface area contributed by atoms with Gasteiger partial charge in [-0.25, -0.2) is 0 Å². The number of rotatable bonds is 7. The average molecular weight is 364 g/mol. The normalized spacial score (nSPS) is 11.9. The number of benzene rings is 2. The van der Waals surface area contributed by atoms with Crippen LogP contribution in [0.25, 0.3) is 10.9 Å². The summed E-state index contributed by atoms with van der Waals surface area (Å²) in [5.74, 6) is 0.780. The highest BCUT2D eigenvalue weighted by Crippen LogP contribution is 2.35. The quantitative estimate of drug-likeness (QED) is 0.654. The molecule has 140 valence electrons. The highest BCUT2D eigenvalue weighted by atomic mass is 16.5. The molecule has 0 aliphatic carbocycles. The van der Waals surface area contributed by atoms with Gasteiger partial charge < -0.3 is 15.2 Å². The molecule has 0 aliphatic heterocycles. The Hall–Kier alpha value is -3.08. The van der Waals surface area contributed by atoms with Gasteiger partial charge in [0.25, 0.3) is 0 Å². The first-order chi connectivity index (χ1) is 13.1. The third-order valence-electron chi connectivity index (χ3n) is 4.60. The molecule has 0 spiro atoms. The molecule has 0 saturated heterocycles. The zero-order chi connectivity index (χ0) is 19.2. The second kappa shape index (κ2) is 8.54. The van der Waals surface area contributed by atoms with Gasteiger partial charge in [0.05, 0.1) is 13.2 Å². The number of phenols is 1. The molecule has 5 heteroatoms. The van der Waals surface area contributed by atoms with Crippen molar-refractivity contribution in [2.45, 2.75) is 32.2 Å². The first kappa shape index (κ1) is 18.7. The van der Waals surface area contributed by atoms with Crippen molar-refractivity contribution in [1.29, 1.82) is 0 Å². The fourth-order valence-corrected chi connectivity index (χ4v) is 3.09. The number of amides is 1. The number of unbranched alkanes of at least 4 members (excludes halogenated alkanes) is 1. The van der Waals surface area contributed by atoms with E-state index in [2.05, 4.69) is 17.2 Å². The molecule has 1 aromatic heterocycles. The van der Waals surface area contributed by atoms with Crippen LogP contribution in [0.1, 0.15) is 43.4 Å². The van der Waals surface area contributed by atoms with Crippen LogP contribution in [-0.2, 0) is 4.79 Å². The van der Waals surface area contributed by atoms with Crippen molar-refractivity contribution in [3.05, 3.63) is 65.9 Å². The Balaban J connectivity index is 2.02. The van der Waals surface area contributed by atoms with E-state index in [1.165, 1.54) is 0 Å². The van der Waals surface area contributed by atoms with Crippen molar-refractivity contribution in [2.24, 2.45) is 0 Å². The molecule has 3 aromatic rings. The van der Waals surface area contributed by atoms with Gasteiger partial charge in [0.1, 0.15) is 17.0 Å². The first-order valence-electron chi connectivity index (χ1n) is 9.14. The minimum absolute atomic E-state index is 0.0433. The summed E-state index contributed by atoms with van der Waals surface area (Å²) >= 11 is 0. The van der Waals surface area contributed by atoms with E-state index >= 15 is 0 Å². The summed E-state index contributed by atoms with van der Waals surface area (Å²) in [6.07, 6.45) is 3.88. The Morgan fingerprint density at radius 1 is 1.19 bits per heavy atom. The predicted octanol–water partition coefficient (Wildman–Crippen LogP) is 4.34. The maximum Gasteiger partial charge on any atom is 0.220 e. The number of nitrogens with one attached hydrogen (secondary N) is 1. The zero-order valence-electron chi connectivity index (χ0n) is 15.6. The Labute approximate surface area is 159 Å². The number of aromatic hydroxyl groups is 1. The monoisotopic (exact) mass is 364 g/mol. The van der Waals surface area contributed by atoms with Gasteiger partial charge in [-0.15, -0.1) is 0 Å². The predicted molar refractivity (Wildman–Crippen MR) is 106 cm³/mol. The molecule has 0 bridgehead atoms. The van der Waals surface area contributed by atoms with Crippen molar-refractivity contribution in [3.63, 3.8) is 0 Å². The molecule has 5 nitrogen and oxygen atoms in total. The van der Waals surface area contributed by atoms with Crippen molar-refractivity contribution >= 4 is 16.8 Å². The molecule has 0 saturated carbocycles. The Morgan fingerprint density at radius 3 is 2.67 bits per heavy atom. The van der Waals surface area contributed by atoms with E-state index in [1.54, 1.807) is 13.3 Å². The Morgan fingerprint density at radius 2 is 1.96 bits per heavy atom. The maximum absolute atomic E-state index is 12.4. The number of hydrogen-bond acceptors (Lipinski definition) is 4. The van der Waals surface area contributed by atoms with Gasteiger partial charge in [-0.1, -0.05) is 43.7 Å². The topological polar surface area (TPSA) is 71.5 Å². The largest absolute Gasteiger partial charge is 0.505 e. The van der Waals surface area contributed by atoms with Gasteiger partial charge in [-0.2, -0.15) is 0 Å². The van der Waals surface area contributed by atoms with Crippen LogP contribution in [0.5, 0.6) is 11.5 Å². The SMILES string of the molecule is CCCCC(=O)NC(c1ccc(OC)cc1)c1ccc2cccnc2c1O. The molecule has 0 fully saturated rings. The van der Waals surface area contributed by atoms with E-state index in [9.17, 15) is 9.90 Å². The summed E-state index contributed by atoms with van der Waals surface area (Å²) in [6.45, 7) is 2.05. The summed E-state index contributed by atoms with van der Waals surface area (Å²) in [7, 11) is 1.61. The summed E-state index contributed by atoms with van der Waals surface area (Å²) in [5, 5.41) is 14.7. The van der Waals surface area contributed by atoms with Gasteiger partial charge in [0, 0.05) is 23.6 Å². The van der Waals surface area contributed by atoms with Crippen molar-refractivity contribution in [2.75, 3.05) is 7.11 Å². The van der Waals surface area contributed by atoms with Crippen molar-refractivity contribution < 1.29 is 14.6 Å². The molecule has 0 aliphatic rings. The lowest BCUT2D eigenvalue weighted by atomic mass is 9.96. The van der Waals surface area contributed by atoms with E-state index in [0.717, 1.165) is 29.5 Å². The third-order valence-corrected chi connectivity index (χ3v) is 4.60. The molecule has 1 heterocycles. The second-order valence-corrected chi connectivity index (χ2v) is 6.46. The average Bonchev–Trinajstić information content (AvgIpc) is 2.71. The van der Waals surface area contributed by atoms with Crippen LogP contribution in [-0.4, -0.2) is 23.1 Å². The molecule has 27 heavy (non-hydrogen) atoms. The molecular formula is C22H24N2O3. The molecule has 2 aromatic carbocycles. The van der Waals surface area contributed by atoms with Gasteiger partial charge in [-0.05, 0) is 30.2 Å². The lowest BCUT2D eigenvalue weighted by Crippen LogP contribution is -2.29. The number of ether oxygens (including phenoxy) is 1.